The molecule has 6 nitrogen and oxygen atoms in total. The fourth-order valence-corrected chi connectivity index (χ4v) is 2.68. The van der Waals surface area contributed by atoms with Gasteiger partial charge in [-0.15, -0.1) is 4.37 Å². The van der Waals surface area contributed by atoms with Gasteiger partial charge < -0.3 is 13.9 Å². The minimum Gasteiger partial charge on any atom is -0.482 e. The number of esters is 1. The summed E-state index contributed by atoms with van der Waals surface area (Å²) in [5, 5.41) is 1.88. The second kappa shape index (κ2) is 6.68. The second-order valence-corrected chi connectivity index (χ2v) is 7.14. The van der Waals surface area contributed by atoms with E-state index in [0.29, 0.717) is 11.6 Å². The van der Waals surface area contributed by atoms with Crippen molar-refractivity contribution in [3.8, 4) is 17.2 Å². The lowest BCUT2D eigenvalue weighted by atomic mass is 10.1. The molecule has 0 fully saturated rings. The molecule has 0 radical (unpaired) electrons. The van der Waals surface area contributed by atoms with E-state index in [2.05, 4.69) is 4.37 Å². The third kappa shape index (κ3) is 4.45. The maximum atomic E-state index is 11.7. The number of aromatic nitrogens is 1. The number of carbonyl (C=O) groups is 1. The Labute approximate surface area is 148 Å². The van der Waals surface area contributed by atoms with Crippen molar-refractivity contribution in [1.82, 2.24) is 4.37 Å². The number of hydrogen-bond donors (Lipinski definition) is 0. The van der Waals surface area contributed by atoms with Gasteiger partial charge in [0, 0.05) is 5.56 Å². The van der Waals surface area contributed by atoms with Gasteiger partial charge in [0.05, 0.1) is 11.5 Å². The molecule has 3 aromatic rings. The number of nitrogens with zero attached hydrogens (tertiary/aromatic N) is 1. The molecule has 1 aromatic heterocycles. The van der Waals surface area contributed by atoms with E-state index >= 15 is 0 Å². The number of carbonyl (C=O) groups excluding carboxylic acids is 1. The minimum absolute atomic E-state index is 0.148. The van der Waals surface area contributed by atoms with E-state index in [1.54, 1.807) is 6.07 Å². The molecule has 0 amide bonds. The molecule has 0 saturated carbocycles. The van der Waals surface area contributed by atoms with Gasteiger partial charge >= 0.3 is 10.9 Å². The van der Waals surface area contributed by atoms with Gasteiger partial charge in [-0.05, 0) is 55.8 Å². The molecule has 0 saturated heterocycles. The molecule has 7 heteroatoms. The average Bonchev–Trinajstić information content (AvgIpc) is 2.97. The van der Waals surface area contributed by atoms with Gasteiger partial charge in [-0.3, -0.25) is 0 Å². The van der Waals surface area contributed by atoms with Crippen molar-refractivity contribution in [2.24, 2.45) is 0 Å². The van der Waals surface area contributed by atoms with Crippen LogP contribution in [0.4, 0.5) is 0 Å². The summed E-state index contributed by atoms with van der Waals surface area (Å²) in [4.78, 5) is 22.4. The van der Waals surface area contributed by atoms with E-state index in [1.807, 2.05) is 51.1 Å². The summed E-state index contributed by atoms with van der Waals surface area (Å²) in [7, 11) is 0. The quantitative estimate of drug-likeness (QED) is 0.662. The van der Waals surface area contributed by atoms with Crippen LogP contribution in [0.15, 0.2) is 45.6 Å². The Bertz CT molecular complexity index is 967. The van der Waals surface area contributed by atoms with E-state index in [0.717, 1.165) is 27.9 Å². The molecular formula is C18H17NO5S. The van der Waals surface area contributed by atoms with Gasteiger partial charge in [-0.25, -0.2) is 9.59 Å². The number of hydrogen-bond acceptors (Lipinski definition) is 7. The molecule has 3 rings (SSSR count). The fraction of sp³-hybridized carbons (Fsp3) is 0.278. The minimum atomic E-state index is -0.537. The molecule has 0 aliphatic heterocycles. The third-order valence-electron chi connectivity index (χ3n) is 3.22. The lowest BCUT2D eigenvalue weighted by Crippen LogP contribution is -2.27. The highest BCUT2D eigenvalue weighted by atomic mass is 32.1. The van der Waals surface area contributed by atoms with E-state index in [4.69, 9.17) is 13.9 Å². The molecular weight excluding hydrogens is 342 g/mol. The van der Waals surface area contributed by atoms with Crippen molar-refractivity contribution in [2.45, 2.75) is 26.4 Å². The molecule has 0 aliphatic carbocycles. The number of ether oxygens (including phenoxy) is 2. The molecule has 0 aliphatic rings. The Hall–Kier alpha value is -2.67. The Morgan fingerprint density at radius 1 is 1.16 bits per heavy atom. The molecule has 0 spiro atoms. The molecule has 1 heterocycles. The zero-order chi connectivity index (χ0) is 18.0. The average molecular weight is 359 g/mol. The summed E-state index contributed by atoms with van der Waals surface area (Å²) in [5.41, 5.74) is 0.193. The zero-order valence-corrected chi connectivity index (χ0v) is 14.9. The fourth-order valence-electron chi connectivity index (χ4n) is 2.27. The summed E-state index contributed by atoms with van der Waals surface area (Å²) >= 11 is 0.784. The van der Waals surface area contributed by atoms with Crippen molar-refractivity contribution in [3.05, 3.63) is 46.1 Å². The van der Waals surface area contributed by atoms with E-state index in [-0.39, 0.29) is 6.61 Å². The van der Waals surface area contributed by atoms with Crippen LogP contribution >= 0.6 is 11.5 Å². The monoisotopic (exact) mass is 359 g/mol. The summed E-state index contributed by atoms with van der Waals surface area (Å²) in [6.45, 7) is 5.28. The summed E-state index contributed by atoms with van der Waals surface area (Å²) < 4.78 is 19.7. The zero-order valence-electron chi connectivity index (χ0n) is 14.1. The molecule has 25 heavy (non-hydrogen) atoms. The SMILES string of the molecule is CC(C)(C)OC(=O)COc1ccc2cc(-c3nsc(=O)o3)ccc2c1. The normalized spacial score (nSPS) is 11.5. The second-order valence-electron chi connectivity index (χ2n) is 6.44. The Balaban J connectivity index is 1.75. The van der Waals surface area contributed by atoms with Crippen LogP contribution in [-0.2, 0) is 9.53 Å². The van der Waals surface area contributed by atoms with Crippen LogP contribution < -0.4 is 9.68 Å². The predicted molar refractivity (Wildman–Crippen MR) is 94.9 cm³/mol. The first-order chi connectivity index (χ1) is 11.8. The van der Waals surface area contributed by atoms with E-state index in [1.165, 1.54) is 0 Å². The maximum absolute atomic E-state index is 11.7. The first-order valence-electron chi connectivity index (χ1n) is 7.66. The molecule has 0 unspecified atom stereocenters. The van der Waals surface area contributed by atoms with Gasteiger partial charge in [0.2, 0.25) is 5.89 Å². The van der Waals surface area contributed by atoms with Crippen molar-refractivity contribution < 1.29 is 18.7 Å². The Morgan fingerprint density at radius 2 is 1.88 bits per heavy atom. The number of benzene rings is 2. The molecule has 0 atom stereocenters. The van der Waals surface area contributed by atoms with Gasteiger partial charge in [-0.2, -0.15) is 0 Å². The smallest absolute Gasteiger partial charge is 0.414 e. The Morgan fingerprint density at radius 3 is 2.56 bits per heavy atom. The topological polar surface area (TPSA) is 78.6 Å². The third-order valence-corrected chi connectivity index (χ3v) is 3.71. The van der Waals surface area contributed by atoms with Crippen molar-refractivity contribution in [3.63, 3.8) is 0 Å². The lowest BCUT2D eigenvalue weighted by molar-refractivity contribution is -0.157. The van der Waals surface area contributed by atoms with Gasteiger partial charge in [0.25, 0.3) is 0 Å². The molecule has 0 N–H and O–H groups in total. The first-order valence-corrected chi connectivity index (χ1v) is 8.43. The van der Waals surface area contributed by atoms with Crippen molar-refractivity contribution in [1.29, 1.82) is 0 Å². The lowest BCUT2D eigenvalue weighted by Gasteiger charge is -2.19. The standard InChI is InChI=1S/C18H17NO5S/c1-18(2,3)24-15(20)10-22-14-7-6-11-8-13(5-4-12(11)9-14)16-19-25-17(21)23-16/h4-9H,10H2,1-3H3. The summed E-state index contributed by atoms with van der Waals surface area (Å²) in [6, 6.07) is 11.1. The maximum Gasteiger partial charge on any atom is 0.414 e. The summed E-state index contributed by atoms with van der Waals surface area (Å²) in [5.74, 6) is 0.468. The predicted octanol–water partition coefficient (Wildman–Crippen LogP) is 3.64. The van der Waals surface area contributed by atoms with Gasteiger partial charge in [0.1, 0.15) is 11.4 Å². The van der Waals surface area contributed by atoms with Crippen LogP contribution in [0.3, 0.4) is 0 Å². The van der Waals surface area contributed by atoms with E-state index in [9.17, 15) is 9.59 Å². The first kappa shape index (κ1) is 17.2. The highest BCUT2D eigenvalue weighted by molar-refractivity contribution is 7.02. The number of fused-ring (bicyclic) bond motifs is 1. The van der Waals surface area contributed by atoms with Crippen LogP contribution in [-0.4, -0.2) is 22.6 Å². The van der Waals surface area contributed by atoms with Crippen LogP contribution in [0.25, 0.3) is 22.2 Å². The van der Waals surface area contributed by atoms with Crippen molar-refractivity contribution >= 4 is 28.3 Å². The summed E-state index contributed by atoms with van der Waals surface area (Å²) in [6.07, 6.45) is 0. The van der Waals surface area contributed by atoms with Gasteiger partial charge in [0.15, 0.2) is 6.61 Å². The largest absolute Gasteiger partial charge is 0.482 e. The highest BCUT2D eigenvalue weighted by Gasteiger charge is 2.16. The Kier molecular flexibility index (Phi) is 4.59. The highest BCUT2D eigenvalue weighted by Crippen LogP contribution is 2.26. The molecule has 130 valence electrons. The molecule has 2 aromatic carbocycles. The number of rotatable bonds is 4. The van der Waals surface area contributed by atoms with Crippen LogP contribution in [0.5, 0.6) is 5.75 Å². The van der Waals surface area contributed by atoms with Crippen molar-refractivity contribution in [2.75, 3.05) is 6.61 Å². The van der Waals surface area contributed by atoms with Crippen LogP contribution in [0.2, 0.25) is 0 Å². The van der Waals surface area contributed by atoms with Gasteiger partial charge in [-0.1, -0.05) is 12.1 Å². The van der Waals surface area contributed by atoms with Crippen LogP contribution in [0, 0.1) is 0 Å². The van der Waals surface area contributed by atoms with E-state index < -0.39 is 16.5 Å². The molecule has 0 bridgehead atoms. The van der Waals surface area contributed by atoms with Crippen LogP contribution in [0.1, 0.15) is 20.8 Å².